The Morgan fingerprint density at radius 3 is 2.62 bits per heavy atom. The predicted octanol–water partition coefficient (Wildman–Crippen LogP) is 2.38. The van der Waals surface area contributed by atoms with Gasteiger partial charge in [-0.05, 0) is 24.3 Å². The molecule has 0 radical (unpaired) electrons. The number of hydrogen-bond acceptors (Lipinski definition) is 4. The van der Waals surface area contributed by atoms with Gasteiger partial charge in [-0.2, -0.15) is 0 Å². The van der Waals surface area contributed by atoms with Crippen LogP contribution in [0.2, 0.25) is 0 Å². The van der Waals surface area contributed by atoms with Crippen molar-refractivity contribution < 1.29 is 19.1 Å². The van der Waals surface area contributed by atoms with Crippen molar-refractivity contribution in [3.05, 3.63) is 48.5 Å². The van der Waals surface area contributed by atoms with Crippen molar-refractivity contribution in [3.63, 3.8) is 0 Å². The Balaban J connectivity index is 1.40. The van der Waals surface area contributed by atoms with Gasteiger partial charge in [-0.1, -0.05) is 18.2 Å². The van der Waals surface area contributed by atoms with E-state index in [4.69, 9.17) is 9.47 Å². The molecule has 2 aromatic rings. The van der Waals surface area contributed by atoms with Crippen molar-refractivity contribution in [2.75, 3.05) is 30.0 Å². The van der Waals surface area contributed by atoms with Crippen LogP contribution in [0.4, 0.5) is 16.2 Å². The number of carbonyl (C=O) groups is 2. The fourth-order valence-corrected chi connectivity index (χ4v) is 3.13. The molecule has 1 saturated heterocycles. The number of nitrogens with zero attached hydrogens (tertiary/aromatic N) is 1. The molecule has 2 aliphatic heterocycles. The summed E-state index contributed by atoms with van der Waals surface area (Å²) in [5.41, 5.74) is 1.45. The molecule has 0 bridgehead atoms. The second-order valence-corrected chi connectivity index (χ2v) is 6.20. The van der Waals surface area contributed by atoms with E-state index in [-0.39, 0.29) is 24.4 Å². The van der Waals surface area contributed by atoms with Crippen LogP contribution in [0, 0.1) is 0 Å². The molecule has 0 saturated carbocycles. The zero-order valence-corrected chi connectivity index (χ0v) is 14.1. The summed E-state index contributed by atoms with van der Waals surface area (Å²) in [5.74, 6) is 1.29. The van der Waals surface area contributed by atoms with Gasteiger partial charge in [0.2, 0.25) is 5.91 Å². The maximum atomic E-state index is 12.4. The fourth-order valence-electron chi connectivity index (χ4n) is 3.13. The van der Waals surface area contributed by atoms with Crippen molar-refractivity contribution in [2.24, 2.45) is 0 Å². The molecule has 7 heteroatoms. The number of nitrogens with one attached hydrogen (secondary N) is 2. The van der Waals surface area contributed by atoms with Crippen LogP contribution in [-0.4, -0.2) is 37.7 Å². The van der Waals surface area contributed by atoms with Crippen LogP contribution in [0.5, 0.6) is 11.5 Å². The van der Waals surface area contributed by atoms with E-state index in [2.05, 4.69) is 10.6 Å². The number of amides is 3. The third-order valence-electron chi connectivity index (χ3n) is 4.33. The van der Waals surface area contributed by atoms with E-state index in [0.717, 1.165) is 5.69 Å². The normalized spacial score (nSPS) is 18.5. The van der Waals surface area contributed by atoms with Crippen LogP contribution in [0.25, 0.3) is 0 Å². The fraction of sp³-hybridized carbons (Fsp3) is 0.263. The molecular formula is C19H19N3O4. The van der Waals surface area contributed by atoms with E-state index in [0.29, 0.717) is 36.9 Å². The van der Waals surface area contributed by atoms with Gasteiger partial charge in [0.15, 0.2) is 11.5 Å². The van der Waals surface area contributed by atoms with Crippen LogP contribution in [0.15, 0.2) is 48.5 Å². The lowest BCUT2D eigenvalue weighted by atomic mass is 10.2. The SMILES string of the molecule is O=C(Nc1ccccc1)N[C@@H]1CC(=O)N(c2ccc3c(c2)OCCO3)C1. The molecule has 0 unspecified atom stereocenters. The van der Waals surface area contributed by atoms with Gasteiger partial charge in [-0.3, -0.25) is 4.79 Å². The molecule has 0 aromatic heterocycles. The van der Waals surface area contributed by atoms with Crippen molar-refractivity contribution in [1.82, 2.24) is 5.32 Å². The van der Waals surface area contributed by atoms with Crippen molar-refractivity contribution in [2.45, 2.75) is 12.5 Å². The first-order chi connectivity index (χ1) is 12.7. The van der Waals surface area contributed by atoms with Crippen molar-refractivity contribution in [1.29, 1.82) is 0 Å². The largest absolute Gasteiger partial charge is 0.486 e. The van der Waals surface area contributed by atoms with E-state index in [1.807, 2.05) is 24.3 Å². The lowest BCUT2D eigenvalue weighted by Crippen LogP contribution is -2.39. The summed E-state index contributed by atoms with van der Waals surface area (Å²) in [5, 5.41) is 5.61. The lowest BCUT2D eigenvalue weighted by Gasteiger charge is -2.22. The number of urea groups is 1. The smallest absolute Gasteiger partial charge is 0.319 e. The Bertz CT molecular complexity index is 825. The Morgan fingerprint density at radius 1 is 1.04 bits per heavy atom. The quantitative estimate of drug-likeness (QED) is 0.888. The van der Waals surface area contributed by atoms with E-state index in [1.165, 1.54) is 0 Å². The highest BCUT2D eigenvalue weighted by atomic mass is 16.6. The third-order valence-corrected chi connectivity index (χ3v) is 4.33. The first-order valence-corrected chi connectivity index (χ1v) is 8.51. The molecule has 2 aromatic carbocycles. The minimum atomic E-state index is -0.321. The van der Waals surface area contributed by atoms with Gasteiger partial charge in [-0.15, -0.1) is 0 Å². The monoisotopic (exact) mass is 353 g/mol. The Labute approximate surface area is 150 Å². The predicted molar refractivity (Wildman–Crippen MR) is 96.8 cm³/mol. The summed E-state index contributed by atoms with van der Waals surface area (Å²) in [6.45, 7) is 1.44. The second-order valence-electron chi connectivity index (χ2n) is 6.20. The average molecular weight is 353 g/mol. The number of anilines is 2. The molecule has 2 aliphatic rings. The summed E-state index contributed by atoms with van der Waals surface area (Å²) in [4.78, 5) is 26.2. The molecule has 2 heterocycles. The average Bonchev–Trinajstić information content (AvgIpc) is 3.02. The van der Waals surface area contributed by atoms with Crippen LogP contribution in [0.1, 0.15) is 6.42 Å². The standard InChI is InChI=1S/C19H19N3O4/c23-18-10-14(21-19(24)20-13-4-2-1-3-5-13)12-22(18)15-6-7-16-17(11-15)26-9-8-25-16/h1-7,11,14H,8-10,12H2,(H2,20,21,24)/t14-/m1/s1. The molecule has 134 valence electrons. The van der Waals surface area contributed by atoms with Gasteiger partial charge in [-0.25, -0.2) is 4.79 Å². The molecule has 4 rings (SSSR count). The maximum Gasteiger partial charge on any atom is 0.319 e. The Hall–Kier alpha value is -3.22. The Kier molecular flexibility index (Phi) is 4.35. The van der Waals surface area contributed by atoms with Crippen LogP contribution in [-0.2, 0) is 4.79 Å². The van der Waals surface area contributed by atoms with Gasteiger partial charge in [0.1, 0.15) is 13.2 Å². The highest BCUT2D eigenvalue weighted by Gasteiger charge is 2.32. The molecular weight excluding hydrogens is 334 g/mol. The Morgan fingerprint density at radius 2 is 1.81 bits per heavy atom. The zero-order chi connectivity index (χ0) is 17.9. The number of ether oxygens (including phenoxy) is 2. The van der Waals surface area contributed by atoms with E-state index in [9.17, 15) is 9.59 Å². The van der Waals surface area contributed by atoms with Crippen LogP contribution >= 0.6 is 0 Å². The number of rotatable bonds is 3. The lowest BCUT2D eigenvalue weighted by molar-refractivity contribution is -0.117. The molecule has 1 fully saturated rings. The van der Waals surface area contributed by atoms with E-state index < -0.39 is 0 Å². The summed E-state index contributed by atoms with van der Waals surface area (Å²) >= 11 is 0. The first kappa shape index (κ1) is 16.3. The number of fused-ring (bicyclic) bond motifs is 1. The van der Waals surface area contributed by atoms with E-state index in [1.54, 1.807) is 29.2 Å². The second kappa shape index (κ2) is 6.95. The molecule has 2 N–H and O–H groups in total. The van der Waals surface area contributed by atoms with E-state index >= 15 is 0 Å². The van der Waals surface area contributed by atoms with Crippen LogP contribution in [0.3, 0.4) is 0 Å². The summed E-state index contributed by atoms with van der Waals surface area (Å²) in [6, 6.07) is 14.1. The van der Waals surface area contributed by atoms with Crippen molar-refractivity contribution >= 4 is 23.3 Å². The first-order valence-electron chi connectivity index (χ1n) is 8.51. The third kappa shape index (κ3) is 3.42. The molecule has 0 spiro atoms. The number of carbonyl (C=O) groups excluding carboxylic acids is 2. The van der Waals surface area contributed by atoms with Gasteiger partial charge < -0.3 is 25.0 Å². The highest BCUT2D eigenvalue weighted by Crippen LogP contribution is 2.35. The molecule has 3 amide bonds. The highest BCUT2D eigenvalue weighted by molar-refractivity contribution is 5.98. The number of para-hydroxylation sites is 1. The minimum absolute atomic E-state index is 0.0355. The van der Waals surface area contributed by atoms with Crippen molar-refractivity contribution in [3.8, 4) is 11.5 Å². The van der Waals surface area contributed by atoms with Gasteiger partial charge >= 0.3 is 6.03 Å². The minimum Gasteiger partial charge on any atom is -0.486 e. The van der Waals surface area contributed by atoms with Crippen LogP contribution < -0.4 is 25.0 Å². The summed E-state index contributed by atoms with van der Waals surface area (Å²) < 4.78 is 11.1. The molecule has 26 heavy (non-hydrogen) atoms. The topological polar surface area (TPSA) is 79.9 Å². The van der Waals surface area contributed by atoms with Gasteiger partial charge in [0.05, 0.1) is 6.04 Å². The van der Waals surface area contributed by atoms with Gasteiger partial charge in [0.25, 0.3) is 0 Å². The maximum absolute atomic E-state index is 12.4. The summed E-state index contributed by atoms with van der Waals surface area (Å²) in [7, 11) is 0. The molecule has 0 aliphatic carbocycles. The molecule has 7 nitrogen and oxygen atoms in total. The molecule has 1 atom stereocenters. The number of benzene rings is 2. The van der Waals surface area contributed by atoms with Gasteiger partial charge in [0, 0.05) is 30.4 Å². The number of hydrogen-bond donors (Lipinski definition) is 2. The zero-order valence-electron chi connectivity index (χ0n) is 14.1. The summed E-state index contributed by atoms with van der Waals surface area (Å²) in [6.07, 6.45) is 0.261.